The maximum absolute atomic E-state index is 12.8. The van der Waals surface area contributed by atoms with Crippen molar-refractivity contribution in [2.45, 2.75) is 71.6 Å². The molecule has 1 saturated heterocycles. The van der Waals surface area contributed by atoms with Crippen LogP contribution in [0.3, 0.4) is 0 Å². The van der Waals surface area contributed by atoms with E-state index >= 15 is 0 Å². The number of hydrogen-bond acceptors (Lipinski definition) is 6. The van der Waals surface area contributed by atoms with Gasteiger partial charge < -0.3 is 14.6 Å². The highest BCUT2D eigenvalue weighted by molar-refractivity contribution is 5.96. The summed E-state index contributed by atoms with van der Waals surface area (Å²) >= 11 is 0. The van der Waals surface area contributed by atoms with Gasteiger partial charge in [0.05, 0.1) is 11.6 Å². The summed E-state index contributed by atoms with van der Waals surface area (Å²) in [4.78, 5) is 27.5. The number of rotatable bonds is 6. The molecule has 0 unspecified atom stereocenters. The van der Waals surface area contributed by atoms with E-state index < -0.39 is 0 Å². The highest BCUT2D eigenvalue weighted by atomic mass is 16.7. The molecule has 40 heavy (non-hydrogen) atoms. The fourth-order valence-corrected chi connectivity index (χ4v) is 9.09. The Hall–Kier alpha value is -2.31. The SMILES string of the molecule is CN(C)CCN1CCC(C(=O)ON=C2C=C3CC[C@H]4[C@H](CC[C@]5(C)C(c6cccnc6)=CC[C@@H]45)[C@@]3(C)CC2)CC1. The van der Waals surface area contributed by atoms with Crippen molar-refractivity contribution in [3.63, 3.8) is 0 Å². The van der Waals surface area contributed by atoms with E-state index in [2.05, 4.69) is 78.4 Å². The van der Waals surface area contributed by atoms with Crippen LogP contribution in [0, 0.1) is 34.5 Å². The first-order valence-corrected chi connectivity index (χ1v) is 15.7. The quantitative estimate of drug-likeness (QED) is 0.315. The molecule has 1 aromatic rings. The van der Waals surface area contributed by atoms with E-state index in [1.165, 1.54) is 36.8 Å². The second kappa shape index (κ2) is 11.2. The molecule has 3 fully saturated rings. The molecule has 0 aromatic carbocycles. The van der Waals surface area contributed by atoms with Gasteiger partial charge in [0.25, 0.3) is 0 Å². The standard InChI is InChI=1S/C34H48N4O2/c1-33-15-11-27(36-40-32(39)24-13-18-38(19-14-24)21-20-37(3)4)22-26(33)7-8-28-30-10-9-29(25-6-5-17-35-23-25)34(30,2)16-12-31(28)33/h5-6,9,17,22-24,28,30-31H,7-8,10-16,18-21H2,1-4H3/t28-,30+,31+,33+,34-/m1/s1. The van der Waals surface area contributed by atoms with Crippen LogP contribution in [-0.2, 0) is 9.63 Å². The Kier molecular flexibility index (Phi) is 7.77. The lowest BCUT2D eigenvalue weighted by molar-refractivity contribution is -0.150. The van der Waals surface area contributed by atoms with Gasteiger partial charge in [0, 0.05) is 25.5 Å². The van der Waals surface area contributed by atoms with Crippen molar-refractivity contribution in [1.82, 2.24) is 14.8 Å². The molecule has 6 heteroatoms. The first-order chi connectivity index (χ1) is 19.3. The van der Waals surface area contributed by atoms with Gasteiger partial charge in [0.2, 0.25) is 0 Å². The summed E-state index contributed by atoms with van der Waals surface area (Å²) in [6.07, 6.45) is 18.7. The fourth-order valence-electron chi connectivity index (χ4n) is 9.09. The maximum Gasteiger partial charge on any atom is 0.338 e. The lowest BCUT2D eigenvalue weighted by atomic mass is 9.46. The molecule has 6 rings (SSSR count). The van der Waals surface area contributed by atoms with Gasteiger partial charge in [-0.3, -0.25) is 4.98 Å². The number of pyridine rings is 1. The molecule has 0 radical (unpaired) electrons. The molecular formula is C34H48N4O2. The van der Waals surface area contributed by atoms with Gasteiger partial charge in [0.1, 0.15) is 0 Å². The number of nitrogens with zero attached hydrogens (tertiary/aromatic N) is 4. The number of aromatic nitrogens is 1. The van der Waals surface area contributed by atoms with Gasteiger partial charge in [-0.15, -0.1) is 0 Å². The first-order valence-electron chi connectivity index (χ1n) is 15.7. The van der Waals surface area contributed by atoms with Gasteiger partial charge in [-0.25, -0.2) is 4.79 Å². The number of hydrogen-bond donors (Lipinski definition) is 0. The Balaban J connectivity index is 1.08. The van der Waals surface area contributed by atoms with Crippen LogP contribution in [0.25, 0.3) is 5.57 Å². The molecule has 6 nitrogen and oxygen atoms in total. The van der Waals surface area contributed by atoms with Gasteiger partial charge >= 0.3 is 5.97 Å². The van der Waals surface area contributed by atoms with E-state index in [0.29, 0.717) is 0 Å². The van der Waals surface area contributed by atoms with E-state index in [4.69, 9.17) is 4.84 Å². The highest BCUT2D eigenvalue weighted by Crippen LogP contribution is 2.66. The molecule has 2 heterocycles. The molecule has 2 saturated carbocycles. The molecule has 0 amide bonds. The molecule has 216 valence electrons. The fraction of sp³-hybridized carbons (Fsp3) is 0.676. The minimum atomic E-state index is -0.139. The Morgan fingerprint density at radius 3 is 2.67 bits per heavy atom. The summed E-state index contributed by atoms with van der Waals surface area (Å²) in [5, 5.41) is 4.43. The van der Waals surface area contributed by atoms with Gasteiger partial charge in [-0.05, 0) is 137 Å². The smallest absolute Gasteiger partial charge is 0.318 e. The molecule has 4 aliphatic carbocycles. The Bertz CT molecular complexity index is 1180. The predicted molar refractivity (Wildman–Crippen MR) is 161 cm³/mol. The van der Waals surface area contributed by atoms with Crippen LogP contribution < -0.4 is 0 Å². The summed E-state index contributed by atoms with van der Waals surface area (Å²) in [6, 6.07) is 4.32. The minimum Gasteiger partial charge on any atom is -0.318 e. The van der Waals surface area contributed by atoms with Gasteiger partial charge in [-0.2, -0.15) is 0 Å². The van der Waals surface area contributed by atoms with E-state index in [1.54, 1.807) is 5.57 Å². The van der Waals surface area contributed by atoms with Crippen LogP contribution in [0.5, 0.6) is 0 Å². The molecule has 5 aliphatic rings. The Morgan fingerprint density at radius 1 is 1.10 bits per heavy atom. The summed E-state index contributed by atoms with van der Waals surface area (Å²) in [6.45, 7) is 9.11. The Labute approximate surface area is 240 Å². The summed E-state index contributed by atoms with van der Waals surface area (Å²) in [5.74, 6) is 2.07. The van der Waals surface area contributed by atoms with Crippen molar-refractivity contribution in [3.05, 3.63) is 47.8 Å². The third-order valence-electron chi connectivity index (χ3n) is 11.6. The molecule has 5 atom stereocenters. The topological polar surface area (TPSA) is 58.0 Å². The molecular weight excluding hydrogens is 496 g/mol. The molecule has 0 bridgehead atoms. The number of fused-ring (bicyclic) bond motifs is 5. The zero-order chi connectivity index (χ0) is 27.9. The summed E-state index contributed by atoms with van der Waals surface area (Å²) < 4.78 is 0. The monoisotopic (exact) mass is 544 g/mol. The van der Waals surface area contributed by atoms with Crippen molar-refractivity contribution < 1.29 is 9.63 Å². The summed E-state index contributed by atoms with van der Waals surface area (Å²) in [5.41, 5.74) is 5.87. The van der Waals surface area contributed by atoms with Crippen LogP contribution in [0.4, 0.5) is 0 Å². The molecule has 1 aromatic heterocycles. The lowest BCUT2D eigenvalue weighted by Crippen LogP contribution is -2.49. The van der Waals surface area contributed by atoms with E-state index in [1.807, 2.05) is 6.20 Å². The van der Waals surface area contributed by atoms with Crippen molar-refractivity contribution in [3.8, 4) is 0 Å². The number of allylic oxidation sites excluding steroid dienone is 4. The lowest BCUT2D eigenvalue weighted by Gasteiger charge is -2.58. The van der Waals surface area contributed by atoms with Crippen LogP contribution in [0.1, 0.15) is 77.2 Å². The minimum absolute atomic E-state index is 0.0231. The number of carbonyl (C=O) groups excluding carboxylic acids is 1. The molecule has 0 N–H and O–H groups in total. The molecule has 0 spiro atoms. The first kappa shape index (κ1) is 27.8. The van der Waals surface area contributed by atoms with Crippen LogP contribution in [0.2, 0.25) is 0 Å². The average molecular weight is 545 g/mol. The number of likely N-dealkylation sites (N-methyl/N-ethyl adjacent to an activating group) is 1. The maximum atomic E-state index is 12.8. The normalized spacial score (nSPS) is 35.5. The van der Waals surface area contributed by atoms with Gasteiger partial charge in [0.15, 0.2) is 0 Å². The average Bonchev–Trinajstić information content (AvgIpc) is 3.32. The van der Waals surface area contributed by atoms with Crippen molar-refractivity contribution in [2.24, 2.45) is 39.7 Å². The molecule has 1 aliphatic heterocycles. The highest BCUT2D eigenvalue weighted by Gasteiger charge is 2.57. The van der Waals surface area contributed by atoms with Crippen LogP contribution in [-0.4, -0.2) is 66.7 Å². The second-order valence-electron chi connectivity index (χ2n) is 14.0. The number of piperidine rings is 1. The van der Waals surface area contributed by atoms with Crippen LogP contribution >= 0.6 is 0 Å². The van der Waals surface area contributed by atoms with Crippen molar-refractivity contribution >= 4 is 17.3 Å². The largest absolute Gasteiger partial charge is 0.338 e. The van der Waals surface area contributed by atoms with Crippen molar-refractivity contribution in [2.75, 3.05) is 40.3 Å². The van der Waals surface area contributed by atoms with Gasteiger partial charge in [-0.1, -0.05) is 36.7 Å². The van der Waals surface area contributed by atoms with Crippen LogP contribution in [0.15, 0.2) is 47.4 Å². The predicted octanol–water partition coefficient (Wildman–Crippen LogP) is 6.21. The van der Waals surface area contributed by atoms with E-state index in [0.717, 1.165) is 81.7 Å². The third-order valence-corrected chi connectivity index (χ3v) is 11.6. The number of likely N-dealkylation sites (tertiary alicyclic amines) is 1. The summed E-state index contributed by atoms with van der Waals surface area (Å²) in [7, 11) is 4.21. The van der Waals surface area contributed by atoms with E-state index in [9.17, 15) is 4.79 Å². The zero-order valence-corrected chi connectivity index (χ0v) is 25.1. The second-order valence-corrected chi connectivity index (χ2v) is 14.0. The van der Waals surface area contributed by atoms with E-state index in [-0.39, 0.29) is 22.7 Å². The number of oxime groups is 1. The van der Waals surface area contributed by atoms with Crippen molar-refractivity contribution in [1.29, 1.82) is 0 Å². The third kappa shape index (κ3) is 5.11. The number of carbonyl (C=O) groups is 1. The Morgan fingerprint density at radius 2 is 1.93 bits per heavy atom. The zero-order valence-electron chi connectivity index (χ0n) is 25.1.